The zero-order valence-electron chi connectivity index (χ0n) is 12.3. The quantitative estimate of drug-likeness (QED) is 0.943. The van der Waals surface area contributed by atoms with Gasteiger partial charge in [0.15, 0.2) is 0 Å². The lowest BCUT2D eigenvalue weighted by Gasteiger charge is -2.36. The molecule has 112 valence electrons. The molecule has 0 aliphatic carbocycles. The summed E-state index contributed by atoms with van der Waals surface area (Å²) in [7, 11) is 0. The number of likely N-dealkylation sites (tertiary alicyclic amines) is 1. The van der Waals surface area contributed by atoms with Gasteiger partial charge in [-0.2, -0.15) is 0 Å². The summed E-state index contributed by atoms with van der Waals surface area (Å²) in [6.45, 7) is 2.54. The first-order valence-corrected chi connectivity index (χ1v) is 7.62. The Morgan fingerprint density at radius 3 is 3.05 bits per heavy atom. The first-order valence-electron chi connectivity index (χ1n) is 7.62. The molecule has 2 unspecified atom stereocenters. The van der Waals surface area contributed by atoms with Crippen molar-refractivity contribution in [3.63, 3.8) is 0 Å². The molecule has 0 spiro atoms. The average Bonchev–Trinajstić information content (AvgIpc) is 2.90. The van der Waals surface area contributed by atoms with Crippen LogP contribution >= 0.6 is 0 Å². The first-order chi connectivity index (χ1) is 10.2. The second-order valence-electron chi connectivity index (χ2n) is 5.88. The fourth-order valence-electron chi connectivity index (χ4n) is 3.20. The van der Waals surface area contributed by atoms with E-state index < -0.39 is 0 Å². The smallest absolute Gasteiger partial charge is 0.257 e. The third-order valence-corrected chi connectivity index (χ3v) is 4.21. The van der Waals surface area contributed by atoms with Gasteiger partial charge >= 0.3 is 0 Å². The molecule has 2 atom stereocenters. The Labute approximate surface area is 124 Å². The number of amides is 1. The molecule has 4 heteroatoms. The maximum atomic E-state index is 12.9. The Morgan fingerprint density at radius 2 is 2.24 bits per heavy atom. The summed E-state index contributed by atoms with van der Waals surface area (Å²) < 4.78 is 5.48. The molecule has 1 aromatic carbocycles. The standard InChI is InChI=1S/C17H21NO3/c1-12(19)10-13-6-4-5-9-18(13)17(20)15-11-21-16-8-3-2-7-14(15)16/h2-3,7-8,11-13,19H,4-6,9-10H2,1H3. The maximum absolute atomic E-state index is 12.9. The minimum Gasteiger partial charge on any atom is -0.463 e. The van der Waals surface area contributed by atoms with Gasteiger partial charge < -0.3 is 14.4 Å². The highest BCUT2D eigenvalue weighted by atomic mass is 16.3. The molecule has 1 saturated heterocycles. The molecule has 0 saturated carbocycles. The number of furan rings is 1. The van der Waals surface area contributed by atoms with Crippen LogP contribution in [0.4, 0.5) is 0 Å². The molecule has 1 aliphatic rings. The minimum atomic E-state index is -0.385. The van der Waals surface area contributed by atoms with Crippen LogP contribution in [0.25, 0.3) is 11.0 Å². The summed E-state index contributed by atoms with van der Waals surface area (Å²) in [6.07, 6.45) is 4.92. The summed E-state index contributed by atoms with van der Waals surface area (Å²) in [5.74, 6) is 0.0188. The summed E-state index contributed by atoms with van der Waals surface area (Å²) >= 11 is 0. The molecule has 4 nitrogen and oxygen atoms in total. The Balaban J connectivity index is 1.88. The van der Waals surface area contributed by atoms with Crippen LogP contribution < -0.4 is 0 Å². The number of nitrogens with zero attached hydrogens (tertiary/aromatic N) is 1. The molecular weight excluding hydrogens is 266 g/mol. The Bertz CT molecular complexity index is 632. The van der Waals surface area contributed by atoms with E-state index in [0.717, 1.165) is 36.8 Å². The number of fused-ring (bicyclic) bond motifs is 1. The normalized spacial score (nSPS) is 20.7. The molecule has 2 aromatic rings. The van der Waals surface area contributed by atoms with Gasteiger partial charge in [-0.3, -0.25) is 4.79 Å². The lowest BCUT2D eigenvalue weighted by molar-refractivity contribution is 0.0516. The van der Waals surface area contributed by atoms with Crippen molar-refractivity contribution in [2.24, 2.45) is 0 Å². The van der Waals surface area contributed by atoms with Crippen molar-refractivity contribution in [2.45, 2.75) is 44.8 Å². The molecular formula is C17H21NO3. The van der Waals surface area contributed by atoms with Crippen molar-refractivity contribution in [2.75, 3.05) is 6.54 Å². The highest BCUT2D eigenvalue weighted by molar-refractivity contribution is 6.06. The maximum Gasteiger partial charge on any atom is 0.257 e. The van der Waals surface area contributed by atoms with E-state index in [-0.39, 0.29) is 18.1 Å². The predicted octanol–water partition coefficient (Wildman–Crippen LogP) is 3.20. The number of benzene rings is 1. The molecule has 2 heterocycles. The highest BCUT2D eigenvalue weighted by Gasteiger charge is 2.29. The van der Waals surface area contributed by atoms with Gasteiger partial charge in [0.1, 0.15) is 11.8 Å². The van der Waals surface area contributed by atoms with Gasteiger partial charge in [0.25, 0.3) is 5.91 Å². The SMILES string of the molecule is CC(O)CC1CCCCN1C(=O)c1coc2ccccc12. The molecule has 1 aliphatic heterocycles. The number of hydrogen-bond donors (Lipinski definition) is 1. The second-order valence-corrected chi connectivity index (χ2v) is 5.88. The van der Waals surface area contributed by atoms with Gasteiger partial charge in [-0.1, -0.05) is 18.2 Å². The van der Waals surface area contributed by atoms with E-state index in [1.165, 1.54) is 0 Å². The number of aliphatic hydroxyl groups excluding tert-OH is 1. The molecule has 0 radical (unpaired) electrons. The fourth-order valence-corrected chi connectivity index (χ4v) is 3.20. The molecule has 0 bridgehead atoms. The molecule has 3 rings (SSSR count). The van der Waals surface area contributed by atoms with Crippen LogP contribution in [0.5, 0.6) is 0 Å². The molecule has 1 aromatic heterocycles. The number of aliphatic hydroxyl groups is 1. The number of rotatable bonds is 3. The monoisotopic (exact) mass is 287 g/mol. The predicted molar refractivity (Wildman–Crippen MR) is 81.2 cm³/mol. The third-order valence-electron chi connectivity index (χ3n) is 4.21. The topological polar surface area (TPSA) is 53.7 Å². The van der Waals surface area contributed by atoms with Crippen LogP contribution in [0, 0.1) is 0 Å². The van der Waals surface area contributed by atoms with E-state index in [9.17, 15) is 9.90 Å². The zero-order chi connectivity index (χ0) is 14.8. The molecule has 21 heavy (non-hydrogen) atoms. The van der Waals surface area contributed by atoms with Crippen LogP contribution in [0.1, 0.15) is 43.0 Å². The Morgan fingerprint density at radius 1 is 1.43 bits per heavy atom. The van der Waals surface area contributed by atoms with E-state index in [1.807, 2.05) is 29.2 Å². The largest absolute Gasteiger partial charge is 0.463 e. The summed E-state index contributed by atoms with van der Waals surface area (Å²) in [6, 6.07) is 7.73. The zero-order valence-corrected chi connectivity index (χ0v) is 12.3. The van der Waals surface area contributed by atoms with Gasteiger partial charge in [0, 0.05) is 18.0 Å². The lowest BCUT2D eigenvalue weighted by Crippen LogP contribution is -2.44. The van der Waals surface area contributed by atoms with Crippen LogP contribution in [-0.2, 0) is 0 Å². The van der Waals surface area contributed by atoms with Crippen molar-refractivity contribution in [1.82, 2.24) is 4.90 Å². The molecule has 1 fully saturated rings. The van der Waals surface area contributed by atoms with Crippen molar-refractivity contribution in [1.29, 1.82) is 0 Å². The van der Waals surface area contributed by atoms with Crippen LogP contribution in [0.2, 0.25) is 0 Å². The van der Waals surface area contributed by atoms with Gasteiger partial charge in [0.05, 0.1) is 11.7 Å². The molecule has 1 N–H and O–H groups in total. The van der Waals surface area contributed by atoms with Gasteiger partial charge in [-0.25, -0.2) is 0 Å². The van der Waals surface area contributed by atoms with E-state index in [0.29, 0.717) is 12.0 Å². The van der Waals surface area contributed by atoms with Gasteiger partial charge in [-0.05, 0) is 38.7 Å². The summed E-state index contributed by atoms with van der Waals surface area (Å²) in [4.78, 5) is 14.8. The number of carbonyl (C=O) groups is 1. The van der Waals surface area contributed by atoms with Crippen molar-refractivity contribution < 1.29 is 14.3 Å². The summed E-state index contributed by atoms with van der Waals surface area (Å²) in [5, 5.41) is 10.5. The number of carbonyl (C=O) groups excluding carboxylic acids is 1. The van der Waals surface area contributed by atoms with Gasteiger partial charge in [0.2, 0.25) is 0 Å². The Kier molecular flexibility index (Phi) is 3.97. The van der Waals surface area contributed by atoms with E-state index >= 15 is 0 Å². The lowest BCUT2D eigenvalue weighted by atomic mass is 9.96. The number of piperidine rings is 1. The van der Waals surface area contributed by atoms with E-state index in [2.05, 4.69) is 0 Å². The third kappa shape index (κ3) is 2.81. The van der Waals surface area contributed by atoms with Crippen molar-refractivity contribution in [3.8, 4) is 0 Å². The van der Waals surface area contributed by atoms with Crippen LogP contribution in [0.3, 0.4) is 0 Å². The first kappa shape index (κ1) is 14.1. The van der Waals surface area contributed by atoms with Crippen molar-refractivity contribution >= 4 is 16.9 Å². The van der Waals surface area contributed by atoms with Crippen LogP contribution in [0.15, 0.2) is 34.9 Å². The molecule has 1 amide bonds. The average molecular weight is 287 g/mol. The summed E-state index contributed by atoms with van der Waals surface area (Å²) in [5.41, 5.74) is 1.37. The number of para-hydroxylation sites is 1. The highest BCUT2D eigenvalue weighted by Crippen LogP contribution is 2.27. The minimum absolute atomic E-state index is 0.0188. The van der Waals surface area contributed by atoms with Gasteiger partial charge in [-0.15, -0.1) is 0 Å². The number of hydrogen-bond acceptors (Lipinski definition) is 3. The second kappa shape index (κ2) is 5.90. The van der Waals surface area contributed by atoms with E-state index in [1.54, 1.807) is 13.2 Å². The van der Waals surface area contributed by atoms with E-state index in [4.69, 9.17) is 4.42 Å². The van der Waals surface area contributed by atoms with Crippen LogP contribution in [-0.4, -0.2) is 34.6 Å². The van der Waals surface area contributed by atoms with Crippen molar-refractivity contribution in [3.05, 3.63) is 36.1 Å². The fraction of sp³-hybridized carbons (Fsp3) is 0.471. The Hall–Kier alpha value is -1.81.